The molecule has 0 unspecified atom stereocenters. The van der Waals surface area contributed by atoms with E-state index in [0.29, 0.717) is 0 Å². The van der Waals surface area contributed by atoms with E-state index in [4.69, 9.17) is 0 Å². The molecule has 0 N–H and O–H groups in total. The monoisotopic (exact) mass is 198 g/mol. The number of carbonyl (C=O) groups excluding carboxylic acids is 2. The molecule has 0 aromatic rings. The molecule has 0 fully saturated rings. The van der Waals surface area contributed by atoms with Crippen LogP contribution in [0, 0.1) is 0 Å². The minimum atomic E-state index is -1.11. The van der Waals surface area contributed by atoms with Crippen molar-refractivity contribution in [3.05, 3.63) is 0 Å². The number of carbonyl (C=O) groups is 2. The van der Waals surface area contributed by atoms with E-state index in [-0.39, 0.29) is 0 Å². The summed E-state index contributed by atoms with van der Waals surface area (Å²) in [6.45, 7) is 0. The predicted molar refractivity (Wildman–Crippen MR) is 11.9 cm³/mol. The van der Waals surface area contributed by atoms with Crippen molar-refractivity contribution < 1.29 is 46.4 Å². The first-order valence-corrected chi connectivity index (χ1v) is 2.06. The maximum atomic E-state index is 9.55. The van der Waals surface area contributed by atoms with Gasteiger partial charge in [0.15, 0.2) is 0 Å². The fourth-order valence-electron chi connectivity index (χ4n) is 0.0514. The Labute approximate surface area is 56.4 Å². The molecule has 0 aliphatic carbocycles. The van der Waals surface area contributed by atoms with E-state index in [1.165, 1.54) is 0 Å². The van der Waals surface area contributed by atoms with Gasteiger partial charge in [-0.25, -0.2) is 0 Å². The summed E-state index contributed by atoms with van der Waals surface area (Å²) in [5.74, 6) is 0. The molecule has 7 heavy (non-hydrogen) atoms. The van der Waals surface area contributed by atoms with Crippen LogP contribution in [0.5, 0.6) is 0 Å². The van der Waals surface area contributed by atoms with Crippen LogP contribution in [-0.2, 0) is 36.8 Å². The van der Waals surface area contributed by atoms with E-state index in [9.17, 15) is 9.59 Å². The first-order valence-electron chi connectivity index (χ1n) is 1.12. The van der Waals surface area contributed by atoms with Gasteiger partial charge in [0.05, 0.1) is 0 Å². The second kappa shape index (κ2) is 3.22. The third-order valence-corrected chi connectivity index (χ3v) is 0.337. The summed E-state index contributed by atoms with van der Waals surface area (Å²) in [4.78, 5) is 16.9. The van der Waals surface area contributed by atoms with Crippen LogP contribution in [0.3, 0.4) is 0 Å². The van der Waals surface area contributed by atoms with Crippen molar-refractivity contribution >= 4 is 9.74 Å². The van der Waals surface area contributed by atoms with Crippen LogP contribution in [0.4, 0.5) is 9.59 Å². The van der Waals surface area contributed by atoms with Gasteiger partial charge in [0, 0.05) is 0 Å². The zero-order chi connectivity index (χ0) is 5.86. The first kappa shape index (κ1) is 7.18. The van der Waals surface area contributed by atoms with E-state index < -0.39 is 9.74 Å². The van der Waals surface area contributed by atoms with Crippen molar-refractivity contribution in [2.24, 2.45) is 0 Å². The molecule has 0 saturated carbocycles. The van der Waals surface area contributed by atoms with Gasteiger partial charge in [0.25, 0.3) is 0 Å². The van der Waals surface area contributed by atoms with Crippen molar-refractivity contribution in [1.82, 2.24) is 0 Å². The zero-order valence-electron chi connectivity index (χ0n) is 2.83. The van der Waals surface area contributed by atoms with E-state index in [1.807, 2.05) is 0 Å². The van der Waals surface area contributed by atoms with Crippen LogP contribution in [-0.4, -0.2) is 9.74 Å². The van der Waals surface area contributed by atoms with Crippen molar-refractivity contribution in [3.63, 3.8) is 0 Å². The molecular formula is C2Cu2O3. The third kappa shape index (κ3) is 6.18. The normalized spacial score (nSPS) is 8.00. The quantitative estimate of drug-likeness (QED) is 0.417. The molecule has 0 saturated heterocycles. The van der Waals surface area contributed by atoms with Crippen molar-refractivity contribution in [3.8, 4) is 0 Å². The van der Waals surface area contributed by atoms with E-state index in [0.717, 1.165) is 0 Å². The summed E-state index contributed by atoms with van der Waals surface area (Å²) in [6, 6.07) is 0. The molecule has 5 heteroatoms. The molecular weight excluding hydrogens is 199 g/mol. The van der Waals surface area contributed by atoms with Crippen LogP contribution in [0.2, 0.25) is 0 Å². The van der Waals surface area contributed by atoms with Gasteiger partial charge in [-0.2, -0.15) is 0 Å². The Morgan fingerprint density at radius 2 is 1.43 bits per heavy atom. The molecule has 0 rings (SSSR count). The minimum absolute atomic E-state index is 1.11. The van der Waals surface area contributed by atoms with Gasteiger partial charge in [-0.15, -0.1) is 0 Å². The number of hydrogen-bond acceptors (Lipinski definition) is 3. The molecule has 0 aliphatic heterocycles. The average Bonchev–Trinajstić information content (AvgIpc) is 1.27. The first-order chi connectivity index (χ1) is 3.13. The van der Waals surface area contributed by atoms with Crippen LogP contribution < -0.4 is 0 Å². The number of ether oxygens (including phenoxy) is 1. The van der Waals surface area contributed by atoms with Gasteiger partial charge in [-0.05, 0) is 0 Å². The van der Waals surface area contributed by atoms with Gasteiger partial charge in [0.2, 0.25) is 0 Å². The Kier molecular flexibility index (Phi) is 3.30. The number of rotatable bonds is 0. The van der Waals surface area contributed by atoms with E-state index in [2.05, 4.69) is 36.8 Å². The second-order valence-electron chi connectivity index (χ2n) is 0.515. The Bertz CT molecular complexity index is 87.1. The molecule has 0 atom stereocenters. The summed E-state index contributed by atoms with van der Waals surface area (Å²) in [5, 5.41) is 0. The predicted octanol–water partition coefficient (Wildman–Crippen LogP) is 0.337. The van der Waals surface area contributed by atoms with Crippen LogP contribution in [0.25, 0.3) is 0 Å². The topological polar surface area (TPSA) is 43.4 Å². The fourth-order valence-corrected chi connectivity index (χ4v) is 0.278. The summed E-state index contributed by atoms with van der Waals surface area (Å²) in [7, 11) is 0. The van der Waals surface area contributed by atoms with Crippen molar-refractivity contribution in [2.45, 2.75) is 0 Å². The molecule has 0 radical (unpaired) electrons. The van der Waals surface area contributed by atoms with Crippen LogP contribution in [0.15, 0.2) is 0 Å². The van der Waals surface area contributed by atoms with Gasteiger partial charge < -0.3 is 0 Å². The zero-order valence-corrected chi connectivity index (χ0v) is 4.71. The molecule has 3 nitrogen and oxygen atoms in total. The molecule has 0 aromatic carbocycles. The third-order valence-electron chi connectivity index (χ3n) is 0.145. The van der Waals surface area contributed by atoms with Gasteiger partial charge >= 0.3 is 56.1 Å². The van der Waals surface area contributed by atoms with Gasteiger partial charge in [-0.3, -0.25) is 0 Å². The van der Waals surface area contributed by atoms with Crippen LogP contribution >= 0.6 is 0 Å². The van der Waals surface area contributed by atoms with E-state index in [1.54, 1.807) is 0 Å². The summed E-state index contributed by atoms with van der Waals surface area (Å²) >= 11 is 7.88. The van der Waals surface area contributed by atoms with Gasteiger partial charge in [-0.1, -0.05) is 0 Å². The van der Waals surface area contributed by atoms with E-state index >= 15 is 0 Å². The summed E-state index contributed by atoms with van der Waals surface area (Å²) in [5.41, 5.74) is 0. The van der Waals surface area contributed by atoms with Gasteiger partial charge in [0.1, 0.15) is 0 Å². The molecule has 48 valence electrons. The molecule has 0 bridgehead atoms. The van der Waals surface area contributed by atoms with Crippen molar-refractivity contribution in [2.75, 3.05) is 0 Å². The average molecular weight is 199 g/mol. The summed E-state index contributed by atoms with van der Waals surface area (Å²) < 4.78 is 3.58. The standard InChI is InChI=1S/C2O3.2Cu/c3-1-5-2-4;;. The fraction of sp³-hybridized carbons (Fsp3) is 0. The Balaban J connectivity index is 3.32. The molecule has 0 aliphatic rings. The SMILES string of the molecule is O=[C]([Cu])O[C](=O)[Cu]. The number of hydrogen-bond donors (Lipinski definition) is 0. The molecule has 0 amide bonds. The Morgan fingerprint density at radius 1 is 1.14 bits per heavy atom. The molecule has 0 heterocycles. The maximum absolute atomic E-state index is 9.55. The second-order valence-corrected chi connectivity index (χ2v) is 1.28. The summed E-state index contributed by atoms with van der Waals surface area (Å²) in [6.07, 6.45) is 0. The Hall–Kier alpha value is 0.179. The Morgan fingerprint density at radius 3 is 1.43 bits per heavy atom. The van der Waals surface area contributed by atoms with Crippen molar-refractivity contribution in [1.29, 1.82) is 0 Å². The molecule has 0 aromatic heterocycles. The van der Waals surface area contributed by atoms with Crippen LogP contribution in [0.1, 0.15) is 0 Å². The molecule has 0 spiro atoms.